The third kappa shape index (κ3) is 5.70. The summed E-state index contributed by atoms with van der Waals surface area (Å²) in [5, 5.41) is 14.0. The average molecular weight is 414 g/mol. The van der Waals surface area contributed by atoms with Crippen LogP contribution in [0.3, 0.4) is 0 Å². The third-order valence-corrected chi connectivity index (χ3v) is 5.16. The molecule has 1 aliphatic heterocycles. The smallest absolute Gasteiger partial charge is 0.349 e. The van der Waals surface area contributed by atoms with E-state index in [9.17, 15) is 19.6 Å². The maximum atomic E-state index is 12.2. The lowest BCUT2D eigenvalue weighted by atomic mass is 10.1. The molecular formula is C21H26N4O5. The summed E-state index contributed by atoms with van der Waals surface area (Å²) in [6.07, 6.45) is 5.47. The van der Waals surface area contributed by atoms with Crippen molar-refractivity contribution in [2.24, 2.45) is 0 Å². The number of nitriles is 1. The molecule has 0 unspecified atom stereocenters. The van der Waals surface area contributed by atoms with Crippen LogP contribution in [-0.4, -0.2) is 47.8 Å². The number of nitrogens with zero attached hydrogens (tertiary/aromatic N) is 2. The Morgan fingerprint density at radius 2 is 2.10 bits per heavy atom. The first kappa shape index (κ1) is 21.6. The number of aromatic nitrogens is 1. The van der Waals surface area contributed by atoms with Gasteiger partial charge in [0.25, 0.3) is 5.91 Å². The highest BCUT2D eigenvalue weighted by molar-refractivity contribution is 6.00. The molecule has 160 valence electrons. The summed E-state index contributed by atoms with van der Waals surface area (Å²) in [6, 6.07) is 3.20. The van der Waals surface area contributed by atoms with Gasteiger partial charge in [-0.25, -0.2) is 9.59 Å². The van der Waals surface area contributed by atoms with Gasteiger partial charge in [-0.1, -0.05) is 0 Å². The van der Waals surface area contributed by atoms with Crippen molar-refractivity contribution < 1.29 is 23.9 Å². The molecule has 1 aliphatic carbocycles. The number of esters is 1. The zero-order chi connectivity index (χ0) is 21.7. The fraction of sp³-hybridized carbons (Fsp3) is 0.524. The van der Waals surface area contributed by atoms with E-state index >= 15 is 0 Å². The number of imide groups is 1. The predicted octanol–water partition coefficient (Wildman–Crippen LogP) is 1.72. The number of amides is 3. The molecule has 9 heteroatoms. The second kappa shape index (κ2) is 9.59. The molecule has 2 N–H and O–H groups in total. The Labute approximate surface area is 175 Å². The molecule has 3 amide bonds. The van der Waals surface area contributed by atoms with Crippen molar-refractivity contribution in [2.75, 3.05) is 13.2 Å². The van der Waals surface area contributed by atoms with Gasteiger partial charge in [0.1, 0.15) is 11.6 Å². The van der Waals surface area contributed by atoms with Gasteiger partial charge in [-0.15, -0.1) is 0 Å². The van der Waals surface area contributed by atoms with Crippen LogP contribution < -0.4 is 10.6 Å². The summed E-state index contributed by atoms with van der Waals surface area (Å²) in [6.45, 7) is 4.73. The van der Waals surface area contributed by atoms with Gasteiger partial charge in [-0.05, 0) is 57.2 Å². The van der Waals surface area contributed by atoms with E-state index in [2.05, 4.69) is 15.2 Å². The summed E-state index contributed by atoms with van der Waals surface area (Å²) in [7, 11) is 0. The molecule has 2 heterocycles. The first-order chi connectivity index (χ1) is 14.4. The highest BCUT2D eigenvalue weighted by atomic mass is 16.5. The summed E-state index contributed by atoms with van der Waals surface area (Å²) in [5.41, 5.74) is 2.42. The minimum absolute atomic E-state index is 0.104. The summed E-state index contributed by atoms with van der Waals surface area (Å²) >= 11 is 0. The molecule has 0 aromatic carbocycles. The van der Waals surface area contributed by atoms with Gasteiger partial charge in [0, 0.05) is 30.6 Å². The van der Waals surface area contributed by atoms with Crippen LogP contribution in [0.15, 0.2) is 11.6 Å². The summed E-state index contributed by atoms with van der Waals surface area (Å²) in [5.74, 6) is -1.67. The number of rotatable bonds is 7. The number of aryl methyl sites for hydroxylation is 1. The Bertz CT molecular complexity index is 901. The fourth-order valence-electron chi connectivity index (χ4n) is 3.36. The van der Waals surface area contributed by atoms with E-state index in [-0.39, 0.29) is 17.7 Å². The van der Waals surface area contributed by atoms with Crippen LogP contribution in [-0.2, 0) is 25.6 Å². The Hall–Kier alpha value is -3.12. The normalized spacial score (nSPS) is 18.6. The minimum atomic E-state index is -0.917. The minimum Gasteiger partial charge on any atom is -0.451 e. The number of hydrogen-bond donors (Lipinski definition) is 2. The SMILES string of the molecule is Cc1cc(/C=C(\C#N)C(=O)OCC(=O)NC(=O)NC2CC2)c(C)n1C[C@H]1CCCO1. The molecule has 9 nitrogen and oxygen atoms in total. The second-order valence-corrected chi connectivity index (χ2v) is 7.61. The Kier molecular flexibility index (Phi) is 6.90. The number of nitrogens with one attached hydrogen (secondary N) is 2. The van der Waals surface area contributed by atoms with E-state index in [0.29, 0.717) is 0 Å². The third-order valence-electron chi connectivity index (χ3n) is 5.16. The van der Waals surface area contributed by atoms with Gasteiger partial charge in [0.05, 0.1) is 6.10 Å². The predicted molar refractivity (Wildman–Crippen MR) is 107 cm³/mol. The maximum absolute atomic E-state index is 12.2. The van der Waals surface area contributed by atoms with Gasteiger partial charge in [0.2, 0.25) is 0 Å². The highest BCUT2D eigenvalue weighted by Gasteiger charge is 2.24. The highest BCUT2D eigenvalue weighted by Crippen LogP contribution is 2.22. The number of carbonyl (C=O) groups is 3. The van der Waals surface area contributed by atoms with Crippen molar-refractivity contribution in [3.8, 4) is 6.07 Å². The van der Waals surface area contributed by atoms with E-state index in [1.54, 1.807) is 0 Å². The van der Waals surface area contributed by atoms with Crippen LogP contribution in [0.2, 0.25) is 0 Å². The zero-order valence-corrected chi connectivity index (χ0v) is 17.2. The molecule has 1 atom stereocenters. The molecule has 1 aromatic rings. The van der Waals surface area contributed by atoms with E-state index in [1.807, 2.05) is 26.0 Å². The van der Waals surface area contributed by atoms with Gasteiger partial charge >= 0.3 is 12.0 Å². The van der Waals surface area contributed by atoms with Crippen LogP contribution in [0, 0.1) is 25.2 Å². The van der Waals surface area contributed by atoms with Gasteiger partial charge < -0.3 is 19.4 Å². The van der Waals surface area contributed by atoms with Crippen LogP contribution >= 0.6 is 0 Å². The quantitative estimate of drug-likeness (QED) is 0.398. The molecule has 0 bridgehead atoms. The van der Waals surface area contributed by atoms with Crippen molar-refractivity contribution >= 4 is 24.0 Å². The molecule has 2 aliphatic rings. The second-order valence-electron chi connectivity index (χ2n) is 7.61. The number of carbonyl (C=O) groups excluding carboxylic acids is 3. The van der Waals surface area contributed by atoms with E-state index < -0.39 is 24.5 Å². The number of urea groups is 1. The van der Waals surface area contributed by atoms with Gasteiger partial charge in [-0.2, -0.15) is 5.26 Å². The molecule has 1 saturated heterocycles. The monoisotopic (exact) mass is 414 g/mol. The summed E-state index contributed by atoms with van der Waals surface area (Å²) < 4.78 is 12.7. The lowest BCUT2D eigenvalue weighted by molar-refractivity contribution is -0.144. The number of hydrogen-bond acceptors (Lipinski definition) is 6. The fourth-order valence-corrected chi connectivity index (χ4v) is 3.36. The van der Waals surface area contributed by atoms with Crippen molar-refractivity contribution in [2.45, 2.75) is 58.2 Å². The molecule has 2 fully saturated rings. The summed E-state index contributed by atoms with van der Waals surface area (Å²) in [4.78, 5) is 35.5. The first-order valence-electron chi connectivity index (χ1n) is 10.0. The zero-order valence-electron chi connectivity index (χ0n) is 17.2. The van der Waals surface area contributed by atoms with E-state index in [4.69, 9.17) is 9.47 Å². The standard InChI is InChI=1S/C21H26N4O5/c1-13-8-15(14(2)25(13)11-18-4-3-7-29-18)9-16(10-22)20(27)30-12-19(26)24-21(28)23-17-5-6-17/h8-9,17-18H,3-7,11-12H2,1-2H3,(H2,23,24,26,28)/b16-9+/t18-/m1/s1. The Balaban J connectivity index is 1.58. The lowest BCUT2D eigenvalue weighted by Crippen LogP contribution is -2.42. The first-order valence-corrected chi connectivity index (χ1v) is 10.0. The van der Waals surface area contributed by atoms with Crippen molar-refractivity contribution in [3.63, 3.8) is 0 Å². The van der Waals surface area contributed by atoms with E-state index in [1.165, 1.54) is 6.08 Å². The molecule has 0 radical (unpaired) electrons. The van der Waals surface area contributed by atoms with Crippen molar-refractivity contribution in [1.82, 2.24) is 15.2 Å². The van der Waals surface area contributed by atoms with Crippen LogP contribution in [0.5, 0.6) is 0 Å². The van der Waals surface area contributed by atoms with Crippen LogP contribution in [0.4, 0.5) is 4.79 Å². The average Bonchev–Trinajstić information content (AvgIpc) is 3.28. The van der Waals surface area contributed by atoms with Crippen LogP contribution in [0.1, 0.15) is 42.6 Å². The molecule has 0 spiro atoms. The van der Waals surface area contributed by atoms with E-state index in [0.717, 1.165) is 55.8 Å². The molecule has 1 aromatic heterocycles. The Morgan fingerprint density at radius 3 is 2.73 bits per heavy atom. The molecule has 3 rings (SSSR count). The van der Waals surface area contributed by atoms with Crippen molar-refractivity contribution in [3.05, 3.63) is 28.6 Å². The molecule has 30 heavy (non-hydrogen) atoms. The number of ether oxygens (including phenoxy) is 2. The lowest BCUT2D eigenvalue weighted by Gasteiger charge is -2.14. The largest absolute Gasteiger partial charge is 0.451 e. The van der Waals surface area contributed by atoms with Gasteiger partial charge in [0.15, 0.2) is 6.61 Å². The molecule has 1 saturated carbocycles. The topological polar surface area (TPSA) is 122 Å². The van der Waals surface area contributed by atoms with Crippen molar-refractivity contribution in [1.29, 1.82) is 5.26 Å². The van der Waals surface area contributed by atoms with Gasteiger partial charge in [-0.3, -0.25) is 10.1 Å². The Morgan fingerprint density at radius 1 is 1.33 bits per heavy atom. The molecular weight excluding hydrogens is 388 g/mol. The van der Waals surface area contributed by atoms with Crippen LogP contribution in [0.25, 0.3) is 6.08 Å². The maximum Gasteiger partial charge on any atom is 0.349 e.